The Bertz CT molecular complexity index is 1070. The van der Waals surface area contributed by atoms with E-state index >= 15 is 0 Å². The van der Waals surface area contributed by atoms with Crippen molar-refractivity contribution in [1.82, 2.24) is 9.88 Å². The summed E-state index contributed by atoms with van der Waals surface area (Å²) in [7, 11) is 1.65. The molecule has 1 amide bonds. The number of rotatable bonds is 11. The van der Waals surface area contributed by atoms with E-state index in [0.29, 0.717) is 22.6 Å². The zero-order valence-electron chi connectivity index (χ0n) is 22.5. The number of esters is 1. The van der Waals surface area contributed by atoms with Crippen molar-refractivity contribution in [2.45, 2.75) is 82.7 Å². The Hall–Kier alpha value is -2.58. The Balaban J connectivity index is 1.56. The van der Waals surface area contributed by atoms with E-state index in [9.17, 15) is 14.4 Å². The van der Waals surface area contributed by atoms with Gasteiger partial charge in [-0.15, -0.1) is 11.8 Å². The lowest BCUT2D eigenvalue weighted by atomic mass is 9.97. The van der Waals surface area contributed by atoms with E-state index in [1.54, 1.807) is 25.3 Å². The largest absolute Gasteiger partial charge is 0.454 e. The van der Waals surface area contributed by atoms with Gasteiger partial charge in [0.1, 0.15) is 0 Å². The van der Waals surface area contributed by atoms with Crippen molar-refractivity contribution in [3.05, 3.63) is 52.8 Å². The number of methoxy groups -OCH3 is 1. The van der Waals surface area contributed by atoms with Crippen LogP contribution in [0.5, 0.6) is 0 Å². The van der Waals surface area contributed by atoms with E-state index in [1.165, 1.54) is 31.0 Å². The maximum atomic E-state index is 12.9. The van der Waals surface area contributed by atoms with Crippen molar-refractivity contribution in [2.24, 2.45) is 0 Å². The third-order valence-electron chi connectivity index (χ3n) is 6.90. The number of amides is 1. The van der Waals surface area contributed by atoms with Crippen molar-refractivity contribution < 1.29 is 23.9 Å². The highest BCUT2D eigenvalue weighted by Crippen LogP contribution is 2.25. The number of nitrogens with zero attached hydrogens (tertiary/aromatic N) is 1. The summed E-state index contributed by atoms with van der Waals surface area (Å²) in [5.74, 6) is -0.614. The van der Waals surface area contributed by atoms with Gasteiger partial charge in [-0.2, -0.15) is 0 Å². The minimum atomic E-state index is -0.571. The molecule has 2 aromatic rings. The standard InChI is InChI=1S/C29H40N2O5S/c1-20-16-25(22(3)31(20)21(2)17-35-4)26(32)18-36-29(34)24-14-10-11-15-27(24)37-19-28(33)30-23-12-8-6-5-7-9-13-23/h10-11,14-16,21,23H,5-9,12-13,17-19H2,1-4H3,(H,30,33)/t21-/m1/s1. The molecular formula is C29H40N2O5S. The number of benzene rings is 1. The molecule has 3 rings (SSSR count). The molecule has 1 aliphatic carbocycles. The van der Waals surface area contributed by atoms with Gasteiger partial charge in [-0.25, -0.2) is 4.79 Å². The first kappa shape index (κ1) is 29.0. The number of aryl methyl sites for hydroxylation is 1. The van der Waals surface area contributed by atoms with Crippen molar-refractivity contribution in [3.63, 3.8) is 0 Å². The summed E-state index contributed by atoms with van der Waals surface area (Å²) in [6.07, 6.45) is 8.12. The third-order valence-corrected chi connectivity index (χ3v) is 7.98. The van der Waals surface area contributed by atoms with Crippen LogP contribution >= 0.6 is 11.8 Å². The minimum Gasteiger partial charge on any atom is -0.454 e. The third kappa shape index (κ3) is 8.20. The number of carbonyl (C=O) groups is 3. The van der Waals surface area contributed by atoms with Crippen molar-refractivity contribution in [2.75, 3.05) is 26.1 Å². The number of ketones is 1. The molecule has 0 radical (unpaired) electrons. The van der Waals surface area contributed by atoms with Crippen LogP contribution in [-0.4, -0.2) is 54.3 Å². The average Bonchev–Trinajstić information content (AvgIpc) is 3.16. The number of nitrogens with one attached hydrogen (secondary N) is 1. The molecule has 0 bridgehead atoms. The first-order valence-electron chi connectivity index (χ1n) is 13.2. The minimum absolute atomic E-state index is 0.0213. The predicted octanol–water partition coefficient (Wildman–Crippen LogP) is 5.67. The highest BCUT2D eigenvalue weighted by molar-refractivity contribution is 8.00. The number of carbonyl (C=O) groups excluding carboxylic acids is 3. The molecule has 1 fully saturated rings. The maximum Gasteiger partial charge on any atom is 0.339 e. The fourth-order valence-electron chi connectivity index (χ4n) is 5.11. The van der Waals surface area contributed by atoms with Gasteiger partial charge in [0.05, 0.1) is 24.0 Å². The summed E-state index contributed by atoms with van der Waals surface area (Å²) >= 11 is 1.31. The second-order valence-electron chi connectivity index (χ2n) is 9.85. The molecule has 202 valence electrons. The summed E-state index contributed by atoms with van der Waals surface area (Å²) in [4.78, 5) is 39.0. The van der Waals surface area contributed by atoms with Gasteiger partial charge in [0.2, 0.25) is 11.7 Å². The quantitative estimate of drug-likeness (QED) is 0.230. The normalized spacial score (nSPS) is 15.5. The lowest BCUT2D eigenvalue weighted by molar-refractivity contribution is -0.119. The van der Waals surface area contributed by atoms with E-state index < -0.39 is 5.97 Å². The van der Waals surface area contributed by atoms with Gasteiger partial charge < -0.3 is 19.4 Å². The summed E-state index contributed by atoms with van der Waals surface area (Å²) in [6, 6.07) is 9.20. The Labute approximate surface area is 224 Å². The van der Waals surface area contributed by atoms with Crippen LogP contribution in [0, 0.1) is 13.8 Å². The predicted molar refractivity (Wildman–Crippen MR) is 147 cm³/mol. The molecule has 0 saturated heterocycles. The van der Waals surface area contributed by atoms with Gasteiger partial charge in [-0.05, 0) is 51.8 Å². The molecule has 7 nitrogen and oxygen atoms in total. The second-order valence-corrected chi connectivity index (χ2v) is 10.9. The molecule has 1 atom stereocenters. The zero-order chi connectivity index (χ0) is 26.8. The van der Waals surface area contributed by atoms with Gasteiger partial charge in [0.15, 0.2) is 6.61 Å². The molecule has 1 aromatic heterocycles. The maximum absolute atomic E-state index is 12.9. The van der Waals surface area contributed by atoms with Gasteiger partial charge in [-0.1, -0.05) is 44.2 Å². The van der Waals surface area contributed by atoms with Crippen LogP contribution in [-0.2, 0) is 14.3 Å². The number of ether oxygens (including phenoxy) is 2. The molecule has 1 aromatic carbocycles. The van der Waals surface area contributed by atoms with E-state index in [0.717, 1.165) is 37.1 Å². The molecule has 1 heterocycles. The van der Waals surface area contributed by atoms with Crippen LogP contribution < -0.4 is 5.32 Å². The monoisotopic (exact) mass is 528 g/mol. The van der Waals surface area contributed by atoms with Crippen molar-refractivity contribution in [3.8, 4) is 0 Å². The summed E-state index contributed by atoms with van der Waals surface area (Å²) in [5, 5.41) is 3.16. The number of thioether (sulfide) groups is 1. The average molecular weight is 529 g/mol. The fraction of sp³-hybridized carbons (Fsp3) is 0.552. The first-order chi connectivity index (χ1) is 17.8. The van der Waals surface area contributed by atoms with Gasteiger partial charge in [0.25, 0.3) is 0 Å². The molecule has 0 unspecified atom stereocenters. The van der Waals surface area contributed by atoms with Crippen LogP contribution in [0.3, 0.4) is 0 Å². The molecule has 1 N–H and O–H groups in total. The second kappa shape index (κ2) is 14.4. The van der Waals surface area contributed by atoms with Crippen LogP contribution in [0.4, 0.5) is 0 Å². The molecule has 0 aliphatic heterocycles. The summed E-state index contributed by atoms with van der Waals surface area (Å²) in [5.41, 5.74) is 2.69. The van der Waals surface area contributed by atoms with E-state index in [4.69, 9.17) is 9.47 Å². The SMILES string of the molecule is COC[C@@H](C)n1c(C)cc(C(=O)COC(=O)c2ccccc2SCC(=O)NC2CCCCCCC2)c1C. The smallest absolute Gasteiger partial charge is 0.339 e. The van der Waals surface area contributed by atoms with Crippen LogP contribution in [0.15, 0.2) is 35.2 Å². The Morgan fingerprint density at radius 1 is 1.05 bits per heavy atom. The molecule has 1 aliphatic rings. The first-order valence-corrected chi connectivity index (χ1v) is 14.2. The topological polar surface area (TPSA) is 86.6 Å². The van der Waals surface area contributed by atoms with Crippen molar-refractivity contribution in [1.29, 1.82) is 0 Å². The van der Waals surface area contributed by atoms with Crippen LogP contribution in [0.1, 0.15) is 90.0 Å². The lowest BCUT2D eigenvalue weighted by Gasteiger charge is -2.21. The number of Topliss-reactive ketones (excluding diaryl/α,β-unsaturated/α-hetero) is 1. The summed E-state index contributed by atoms with van der Waals surface area (Å²) in [6.45, 7) is 6.06. The van der Waals surface area contributed by atoms with Crippen LogP contribution in [0.25, 0.3) is 0 Å². The molecule has 1 saturated carbocycles. The Morgan fingerprint density at radius 3 is 2.43 bits per heavy atom. The van der Waals surface area contributed by atoms with E-state index in [2.05, 4.69) is 9.88 Å². The van der Waals surface area contributed by atoms with Gasteiger partial charge >= 0.3 is 5.97 Å². The number of hydrogen-bond donors (Lipinski definition) is 1. The number of aromatic nitrogens is 1. The Morgan fingerprint density at radius 2 is 1.73 bits per heavy atom. The van der Waals surface area contributed by atoms with Crippen LogP contribution in [0.2, 0.25) is 0 Å². The summed E-state index contributed by atoms with van der Waals surface area (Å²) < 4.78 is 12.7. The fourth-order valence-corrected chi connectivity index (χ4v) is 5.97. The number of hydrogen-bond acceptors (Lipinski definition) is 6. The van der Waals surface area contributed by atoms with E-state index in [1.807, 2.05) is 32.9 Å². The van der Waals surface area contributed by atoms with Gasteiger partial charge in [-0.3, -0.25) is 9.59 Å². The van der Waals surface area contributed by atoms with Crippen molar-refractivity contribution >= 4 is 29.4 Å². The molecule has 8 heteroatoms. The highest BCUT2D eigenvalue weighted by Gasteiger charge is 2.21. The molecule has 37 heavy (non-hydrogen) atoms. The lowest BCUT2D eigenvalue weighted by Crippen LogP contribution is -2.36. The highest BCUT2D eigenvalue weighted by atomic mass is 32.2. The Kier molecular flexibility index (Phi) is 11.3. The van der Waals surface area contributed by atoms with E-state index in [-0.39, 0.29) is 36.1 Å². The van der Waals surface area contributed by atoms with Gasteiger partial charge in [0, 0.05) is 35.0 Å². The molecule has 0 spiro atoms. The zero-order valence-corrected chi connectivity index (χ0v) is 23.3. The molecular weight excluding hydrogens is 488 g/mol.